The van der Waals surface area contributed by atoms with Crippen LogP contribution in [0.1, 0.15) is 0 Å². The Morgan fingerprint density at radius 1 is 0.444 bits per heavy atom. The summed E-state index contributed by atoms with van der Waals surface area (Å²) in [4.78, 5) is 1.78. The van der Waals surface area contributed by atoms with Gasteiger partial charge in [0.1, 0.15) is 0 Å². The lowest BCUT2D eigenvalue weighted by Gasteiger charge is -2.08. The third-order valence-electron chi connectivity index (χ3n) is 7.05. The Morgan fingerprint density at radius 3 is 1.31 bits per heavy atom. The largest absolute Gasteiger partial charge is 0.249 e. The van der Waals surface area contributed by atoms with Gasteiger partial charge in [-0.05, 0) is 70.1 Å². The normalized spacial score (nSPS) is 12.2. The van der Waals surface area contributed by atoms with Gasteiger partial charge in [0.2, 0.25) is 0 Å². The molecule has 170 valence electrons. The van der Waals surface area contributed by atoms with Crippen molar-refractivity contribution in [3.05, 3.63) is 109 Å². The summed E-state index contributed by atoms with van der Waals surface area (Å²) < 4.78 is 19.2. The zero-order valence-corrected chi connectivity index (χ0v) is 21.5. The Morgan fingerprint density at radius 2 is 0.861 bits per heavy atom. The van der Waals surface area contributed by atoms with Crippen LogP contribution >= 0.6 is 22.7 Å². The molecule has 1 nitrogen and oxygen atoms in total. The van der Waals surface area contributed by atoms with Crippen LogP contribution in [0.15, 0.2) is 119 Å². The zero-order valence-electron chi connectivity index (χ0n) is 19.0. The Balaban J connectivity index is 1.42. The van der Waals surface area contributed by atoms with Crippen molar-refractivity contribution in [1.29, 1.82) is 0 Å². The summed E-state index contributed by atoms with van der Waals surface area (Å²) in [6.07, 6.45) is 0. The number of rotatable bonds is 2. The maximum atomic E-state index is 14.4. The van der Waals surface area contributed by atoms with Crippen LogP contribution < -0.4 is 0 Å². The minimum absolute atomic E-state index is 0.890. The Hall–Kier alpha value is -3.57. The lowest BCUT2D eigenvalue weighted by atomic mass is 10.1. The van der Waals surface area contributed by atoms with Crippen LogP contribution in [0.3, 0.4) is 0 Å². The zero-order chi connectivity index (χ0) is 23.8. The van der Waals surface area contributed by atoms with Crippen molar-refractivity contribution in [1.82, 2.24) is 0 Å². The number of benzene rings is 6. The van der Waals surface area contributed by atoms with Crippen molar-refractivity contribution in [2.75, 3.05) is 0 Å². The minimum Gasteiger partial charge on any atom is -0.249 e. The first kappa shape index (κ1) is 20.6. The van der Waals surface area contributed by atoms with Crippen LogP contribution in [-0.2, 0) is 10.8 Å². The molecule has 8 rings (SSSR count). The fourth-order valence-corrected chi connectivity index (χ4v) is 9.29. The van der Waals surface area contributed by atoms with Crippen molar-refractivity contribution in [3.63, 3.8) is 0 Å². The van der Waals surface area contributed by atoms with E-state index in [0.717, 1.165) is 20.6 Å². The summed E-state index contributed by atoms with van der Waals surface area (Å²) in [5, 5.41) is 9.50. The molecule has 0 unspecified atom stereocenters. The molecular formula is C32H18OS3. The predicted octanol–water partition coefficient (Wildman–Crippen LogP) is 9.90. The number of fused-ring (bicyclic) bond motifs is 8. The number of hydrogen-bond donors (Lipinski definition) is 0. The topological polar surface area (TPSA) is 17.1 Å². The fourth-order valence-electron chi connectivity index (χ4n) is 5.39. The van der Waals surface area contributed by atoms with Gasteiger partial charge in [-0.15, -0.1) is 22.7 Å². The molecule has 0 fully saturated rings. The van der Waals surface area contributed by atoms with Crippen molar-refractivity contribution in [3.8, 4) is 0 Å². The molecular weight excluding hydrogens is 497 g/mol. The summed E-state index contributed by atoms with van der Waals surface area (Å²) in [5.74, 6) is 0. The molecule has 6 aromatic carbocycles. The highest BCUT2D eigenvalue weighted by molar-refractivity contribution is 7.85. The predicted molar refractivity (Wildman–Crippen MR) is 158 cm³/mol. The molecule has 0 aliphatic rings. The molecule has 2 aromatic heterocycles. The van der Waals surface area contributed by atoms with E-state index in [1.165, 1.54) is 51.1 Å². The van der Waals surface area contributed by atoms with Gasteiger partial charge in [0.15, 0.2) is 0 Å². The first-order chi connectivity index (χ1) is 17.7. The third-order valence-corrected chi connectivity index (χ3v) is 10.8. The average molecular weight is 515 g/mol. The molecule has 0 N–H and O–H groups in total. The average Bonchev–Trinajstić information content (AvgIpc) is 3.47. The van der Waals surface area contributed by atoms with E-state index >= 15 is 0 Å². The summed E-state index contributed by atoms with van der Waals surface area (Å²) in [5.41, 5.74) is 0. The highest BCUT2D eigenvalue weighted by atomic mass is 32.2. The Kier molecular flexibility index (Phi) is 4.41. The Bertz CT molecular complexity index is 2030. The minimum atomic E-state index is -1.32. The van der Waals surface area contributed by atoms with E-state index in [-0.39, 0.29) is 0 Å². The summed E-state index contributed by atoms with van der Waals surface area (Å²) in [6.45, 7) is 0. The van der Waals surface area contributed by atoms with E-state index in [0.29, 0.717) is 0 Å². The molecule has 2 heterocycles. The van der Waals surface area contributed by atoms with Crippen LogP contribution in [0, 0.1) is 0 Å². The van der Waals surface area contributed by atoms with Crippen LogP contribution in [0.4, 0.5) is 0 Å². The molecule has 36 heavy (non-hydrogen) atoms. The van der Waals surface area contributed by atoms with Gasteiger partial charge in [-0.3, -0.25) is 0 Å². The van der Waals surface area contributed by atoms with Gasteiger partial charge in [0.25, 0.3) is 0 Å². The van der Waals surface area contributed by atoms with E-state index in [4.69, 9.17) is 0 Å². The molecule has 0 saturated heterocycles. The highest BCUT2D eigenvalue weighted by Crippen LogP contribution is 2.43. The molecule has 0 atom stereocenters. The molecule has 0 aliphatic carbocycles. The van der Waals surface area contributed by atoms with Gasteiger partial charge in [-0.25, -0.2) is 4.21 Å². The van der Waals surface area contributed by atoms with Crippen LogP contribution in [0.5, 0.6) is 0 Å². The third kappa shape index (κ3) is 2.96. The van der Waals surface area contributed by atoms with Gasteiger partial charge >= 0.3 is 0 Å². The second-order valence-electron chi connectivity index (χ2n) is 9.12. The van der Waals surface area contributed by atoms with Crippen LogP contribution in [-0.4, -0.2) is 4.21 Å². The lowest BCUT2D eigenvalue weighted by Crippen LogP contribution is -1.94. The van der Waals surface area contributed by atoms with E-state index in [1.54, 1.807) is 22.7 Å². The van der Waals surface area contributed by atoms with E-state index in [2.05, 4.69) is 84.9 Å². The van der Waals surface area contributed by atoms with Gasteiger partial charge < -0.3 is 0 Å². The SMILES string of the molecule is O=S(c1cccc2sc3cc4ccccc4cc3c12)c1cccc2sc3cc4ccccc4cc3c12. The highest BCUT2D eigenvalue weighted by Gasteiger charge is 2.20. The van der Waals surface area contributed by atoms with Gasteiger partial charge in [-0.1, -0.05) is 60.7 Å². The number of thiophene rings is 2. The molecule has 0 amide bonds. The molecule has 0 spiro atoms. The quantitative estimate of drug-likeness (QED) is 0.224. The van der Waals surface area contributed by atoms with Crippen molar-refractivity contribution in [2.24, 2.45) is 0 Å². The van der Waals surface area contributed by atoms with E-state index in [9.17, 15) is 4.21 Å². The van der Waals surface area contributed by atoms with E-state index in [1.807, 2.05) is 24.3 Å². The molecule has 8 aromatic rings. The van der Waals surface area contributed by atoms with Crippen molar-refractivity contribution < 1.29 is 4.21 Å². The maximum Gasteiger partial charge on any atom is 0.0863 e. The van der Waals surface area contributed by atoms with Gasteiger partial charge in [0.05, 0.1) is 20.6 Å². The smallest absolute Gasteiger partial charge is 0.0863 e. The monoisotopic (exact) mass is 514 g/mol. The van der Waals surface area contributed by atoms with Crippen molar-refractivity contribution in [2.45, 2.75) is 9.79 Å². The Labute approximate surface area is 217 Å². The van der Waals surface area contributed by atoms with Gasteiger partial charge in [-0.2, -0.15) is 0 Å². The van der Waals surface area contributed by atoms with Gasteiger partial charge in [0, 0.05) is 40.3 Å². The van der Waals surface area contributed by atoms with Crippen molar-refractivity contribution >= 4 is 95.4 Å². The summed E-state index contributed by atoms with van der Waals surface area (Å²) >= 11 is 3.56. The fraction of sp³-hybridized carbons (Fsp3) is 0. The molecule has 0 aliphatic heterocycles. The standard InChI is InChI=1S/C32H18OS3/c33-36(29-13-5-11-25-31(29)23-15-19-7-1-3-9-21(19)17-27(23)34-25)30-14-6-12-26-32(30)24-16-20-8-2-4-10-22(20)18-28(24)35-26/h1-18H. The lowest BCUT2D eigenvalue weighted by molar-refractivity contribution is 0.684. The van der Waals surface area contributed by atoms with Crippen LogP contribution in [0.2, 0.25) is 0 Å². The summed E-state index contributed by atoms with van der Waals surface area (Å²) in [6, 6.07) is 38.5. The molecule has 0 bridgehead atoms. The molecule has 0 saturated carbocycles. The first-order valence-corrected chi connectivity index (χ1v) is 14.6. The van der Waals surface area contributed by atoms with Crippen LogP contribution in [0.25, 0.3) is 61.9 Å². The summed E-state index contributed by atoms with van der Waals surface area (Å²) in [7, 11) is -1.32. The molecule has 4 heteroatoms. The van der Waals surface area contributed by atoms with E-state index < -0.39 is 10.8 Å². The second kappa shape index (κ2) is 7.71. The first-order valence-electron chi connectivity index (χ1n) is 11.8. The second-order valence-corrected chi connectivity index (χ2v) is 12.7. The molecule has 0 radical (unpaired) electrons. The number of hydrogen-bond acceptors (Lipinski definition) is 3. The maximum absolute atomic E-state index is 14.4.